The van der Waals surface area contributed by atoms with Gasteiger partial charge < -0.3 is 10.4 Å². The Hall–Kier alpha value is -1.73. The van der Waals surface area contributed by atoms with Gasteiger partial charge in [0.05, 0.1) is 17.6 Å². The van der Waals surface area contributed by atoms with E-state index in [4.69, 9.17) is 0 Å². The minimum atomic E-state index is -0.618. The summed E-state index contributed by atoms with van der Waals surface area (Å²) in [4.78, 5) is 12.7. The molecule has 1 aliphatic carbocycles. The Morgan fingerprint density at radius 1 is 1.39 bits per heavy atom. The van der Waals surface area contributed by atoms with Crippen molar-refractivity contribution in [3.63, 3.8) is 0 Å². The highest BCUT2D eigenvalue weighted by atomic mass is 19.1. The number of rotatable bonds is 7. The zero-order valence-corrected chi connectivity index (χ0v) is 13.4. The lowest BCUT2D eigenvalue weighted by Gasteiger charge is -2.45. The van der Waals surface area contributed by atoms with Gasteiger partial charge in [-0.25, -0.2) is 4.39 Å². The molecule has 0 amide bonds. The van der Waals surface area contributed by atoms with Gasteiger partial charge in [-0.15, -0.1) is 0 Å². The van der Waals surface area contributed by atoms with E-state index < -0.39 is 10.7 Å². The first-order valence-corrected chi connectivity index (χ1v) is 7.98. The van der Waals surface area contributed by atoms with E-state index in [0.717, 1.165) is 31.7 Å². The quantitative estimate of drug-likeness (QED) is 0.595. The molecule has 0 radical (unpaired) electrons. The molecule has 7 heteroatoms. The molecule has 2 rings (SSSR count). The standard InChI is InChI=1S/C16H24FN3O3/c1-19(9-10-21)16(7-3-2-4-8-16)12-18-14-6-5-13(17)11-15(14)20(22)23/h5-6,11,18,21H,2-4,7-10,12H2,1H3. The van der Waals surface area contributed by atoms with Gasteiger partial charge in [0.15, 0.2) is 0 Å². The number of nitro groups is 1. The molecule has 0 atom stereocenters. The van der Waals surface area contributed by atoms with E-state index in [1.807, 2.05) is 7.05 Å². The third-order valence-electron chi connectivity index (χ3n) is 4.79. The van der Waals surface area contributed by atoms with E-state index in [1.165, 1.54) is 18.6 Å². The molecule has 23 heavy (non-hydrogen) atoms. The van der Waals surface area contributed by atoms with Crippen LogP contribution >= 0.6 is 0 Å². The zero-order valence-electron chi connectivity index (χ0n) is 13.4. The molecule has 0 aromatic heterocycles. The molecular formula is C16H24FN3O3. The highest BCUT2D eigenvalue weighted by Gasteiger charge is 2.36. The number of benzene rings is 1. The summed E-state index contributed by atoms with van der Waals surface area (Å²) in [5.41, 5.74) is -0.0528. The SMILES string of the molecule is CN(CCO)C1(CNc2ccc(F)cc2[N+](=O)[O-])CCCCC1. The number of β-amino-alcohol motifs (C(OH)–C–C–N with tert-alkyl or cyclic N) is 1. The molecule has 1 fully saturated rings. The Bertz CT molecular complexity index is 547. The van der Waals surface area contributed by atoms with Crippen LogP contribution in [0.1, 0.15) is 32.1 Å². The molecule has 0 heterocycles. The monoisotopic (exact) mass is 325 g/mol. The van der Waals surface area contributed by atoms with Crippen molar-refractivity contribution in [1.29, 1.82) is 0 Å². The first-order chi connectivity index (χ1) is 11.0. The molecule has 1 aromatic rings. The molecule has 0 bridgehead atoms. The van der Waals surface area contributed by atoms with Crippen molar-refractivity contribution >= 4 is 11.4 Å². The van der Waals surface area contributed by atoms with E-state index in [0.29, 0.717) is 18.8 Å². The van der Waals surface area contributed by atoms with Crippen LogP contribution in [0.4, 0.5) is 15.8 Å². The number of aliphatic hydroxyl groups is 1. The molecule has 0 unspecified atom stereocenters. The summed E-state index contributed by atoms with van der Waals surface area (Å²) in [7, 11) is 1.97. The summed E-state index contributed by atoms with van der Waals surface area (Å²) in [5.74, 6) is -0.618. The minimum absolute atomic E-state index is 0.0783. The van der Waals surface area contributed by atoms with Crippen molar-refractivity contribution in [2.24, 2.45) is 0 Å². The molecule has 128 valence electrons. The fourth-order valence-electron chi connectivity index (χ4n) is 3.36. The average Bonchev–Trinajstić information content (AvgIpc) is 2.54. The summed E-state index contributed by atoms with van der Waals surface area (Å²) in [5, 5.41) is 23.5. The number of nitrogens with zero attached hydrogens (tertiary/aromatic N) is 2. The number of aliphatic hydroxyl groups excluding tert-OH is 1. The predicted molar refractivity (Wildman–Crippen MR) is 87.1 cm³/mol. The van der Waals surface area contributed by atoms with E-state index in [9.17, 15) is 19.6 Å². The molecule has 1 aromatic carbocycles. The number of halogens is 1. The molecule has 1 aliphatic rings. The van der Waals surface area contributed by atoms with Gasteiger partial charge in [-0.1, -0.05) is 19.3 Å². The van der Waals surface area contributed by atoms with Crippen molar-refractivity contribution in [2.45, 2.75) is 37.6 Å². The smallest absolute Gasteiger partial charge is 0.295 e. The normalized spacial score (nSPS) is 17.2. The van der Waals surface area contributed by atoms with E-state index in [2.05, 4.69) is 10.2 Å². The Labute approximate surface area is 135 Å². The van der Waals surface area contributed by atoms with Crippen molar-refractivity contribution in [2.75, 3.05) is 32.1 Å². The lowest BCUT2D eigenvalue weighted by atomic mass is 9.80. The fourth-order valence-corrected chi connectivity index (χ4v) is 3.36. The van der Waals surface area contributed by atoms with Crippen LogP contribution in [0.15, 0.2) is 18.2 Å². The molecule has 1 saturated carbocycles. The highest BCUT2D eigenvalue weighted by molar-refractivity contribution is 5.61. The fraction of sp³-hybridized carbons (Fsp3) is 0.625. The molecule has 0 saturated heterocycles. The first-order valence-electron chi connectivity index (χ1n) is 7.98. The largest absolute Gasteiger partial charge is 0.395 e. The van der Waals surface area contributed by atoms with Gasteiger partial charge in [0.2, 0.25) is 0 Å². The number of hydrogen-bond donors (Lipinski definition) is 2. The van der Waals surface area contributed by atoms with Gasteiger partial charge in [0.1, 0.15) is 11.5 Å². The number of likely N-dealkylation sites (N-methyl/N-ethyl adjacent to an activating group) is 1. The summed E-state index contributed by atoms with van der Waals surface area (Å²) < 4.78 is 13.2. The third kappa shape index (κ3) is 4.17. The van der Waals surface area contributed by atoms with Gasteiger partial charge in [-0.05, 0) is 32.0 Å². The lowest BCUT2D eigenvalue weighted by molar-refractivity contribution is -0.384. The maximum atomic E-state index is 13.2. The van der Waals surface area contributed by atoms with Crippen molar-refractivity contribution < 1.29 is 14.4 Å². The minimum Gasteiger partial charge on any atom is -0.395 e. The Morgan fingerprint density at radius 3 is 2.70 bits per heavy atom. The van der Waals surface area contributed by atoms with Crippen LogP contribution < -0.4 is 5.32 Å². The summed E-state index contributed by atoms with van der Waals surface area (Å²) in [6.45, 7) is 1.18. The molecule has 0 spiro atoms. The average molecular weight is 325 g/mol. The molecule has 2 N–H and O–H groups in total. The third-order valence-corrected chi connectivity index (χ3v) is 4.79. The second-order valence-corrected chi connectivity index (χ2v) is 6.20. The summed E-state index contributed by atoms with van der Waals surface area (Å²) in [6, 6.07) is 3.57. The van der Waals surface area contributed by atoms with Gasteiger partial charge in [-0.2, -0.15) is 0 Å². The summed E-state index contributed by atoms with van der Waals surface area (Å²) in [6.07, 6.45) is 5.34. The maximum absolute atomic E-state index is 13.2. The van der Waals surface area contributed by atoms with Crippen molar-refractivity contribution in [3.8, 4) is 0 Å². The highest BCUT2D eigenvalue weighted by Crippen LogP contribution is 2.34. The lowest BCUT2D eigenvalue weighted by Crippen LogP contribution is -2.53. The maximum Gasteiger partial charge on any atom is 0.295 e. The van der Waals surface area contributed by atoms with Crippen LogP contribution in [0.3, 0.4) is 0 Å². The van der Waals surface area contributed by atoms with Crippen molar-refractivity contribution in [1.82, 2.24) is 4.90 Å². The molecular weight excluding hydrogens is 301 g/mol. The van der Waals surface area contributed by atoms with E-state index in [1.54, 1.807) is 0 Å². The van der Waals surface area contributed by atoms with Gasteiger partial charge in [0.25, 0.3) is 5.69 Å². The molecule has 6 nitrogen and oxygen atoms in total. The number of nitrogens with one attached hydrogen (secondary N) is 1. The van der Waals surface area contributed by atoms with Crippen molar-refractivity contribution in [3.05, 3.63) is 34.1 Å². The van der Waals surface area contributed by atoms with Crippen LogP contribution in [0.5, 0.6) is 0 Å². The number of nitro benzene ring substituents is 1. The number of hydrogen-bond acceptors (Lipinski definition) is 5. The van der Waals surface area contributed by atoms with Crippen LogP contribution in [-0.4, -0.2) is 47.2 Å². The van der Waals surface area contributed by atoms with Crippen LogP contribution in [0.25, 0.3) is 0 Å². The van der Waals surface area contributed by atoms with E-state index >= 15 is 0 Å². The van der Waals surface area contributed by atoms with Crippen LogP contribution in [0.2, 0.25) is 0 Å². The Balaban J connectivity index is 2.17. The number of anilines is 1. The second-order valence-electron chi connectivity index (χ2n) is 6.20. The summed E-state index contributed by atoms with van der Waals surface area (Å²) >= 11 is 0. The Kier molecular flexibility index (Phi) is 5.90. The molecule has 0 aliphatic heterocycles. The van der Waals surface area contributed by atoms with Gasteiger partial charge in [-0.3, -0.25) is 15.0 Å². The zero-order chi connectivity index (χ0) is 16.9. The predicted octanol–water partition coefficient (Wildman–Crippen LogP) is 2.77. The Morgan fingerprint density at radius 2 is 2.09 bits per heavy atom. The topological polar surface area (TPSA) is 78.6 Å². The second kappa shape index (κ2) is 7.70. The van der Waals surface area contributed by atoms with E-state index in [-0.39, 0.29) is 17.8 Å². The van der Waals surface area contributed by atoms with Crippen LogP contribution in [-0.2, 0) is 0 Å². The van der Waals surface area contributed by atoms with Gasteiger partial charge in [0, 0.05) is 18.6 Å². The first kappa shape index (κ1) is 17.6. The van der Waals surface area contributed by atoms with Crippen LogP contribution in [0, 0.1) is 15.9 Å². The van der Waals surface area contributed by atoms with Gasteiger partial charge >= 0.3 is 0 Å².